The Morgan fingerprint density at radius 3 is 2.60 bits per heavy atom. The average Bonchev–Trinajstić information content (AvgIpc) is 2.71. The first-order valence-electron chi connectivity index (χ1n) is 7.79. The first kappa shape index (κ1) is 15.5. The van der Waals surface area contributed by atoms with Gasteiger partial charge in [0, 0.05) is 26.3 Å². The van der Waals surface area contributed by atoms with E-state index in [-0.39, 0.29) is 11.6 Å². The zero-order valence-electron chi connectivity index (χ0n) is 12.8. The molecule has 20 heavy (non-hydrogen) atoms. The average molecular weight is 280 g/mol. The first-order chi connectivity index (χ1) is 9.70. The van der Waals surface area contributed by atoms with Gasteiger partial charge in [-0.05, 0) is 25.8 Å². The number of ether oxygens (including phenoxy) is 1. The van der Waals surface area contributed by atoms with Crippen molar-refractivity contribution in [2.45, 2.75) is 63.5 Å². The fraction of sp³-hybridized carbons (Fsp3) is 0.800. The molecule has 0 aromatic carbocycles. The molecule has 1 atom stereocenters. The van der Waals surface area contributed by atoms with Crippen molar-refractivity contribution < 1.29 is 4.74 Å². The van der Waals surface area contributed by atoms with E-state index in [4.69, 9.17) is 10.6 Å². The summed E-state index contributed by atoms with van der Waals surface area (Å²) in [6.07, 6.45) is 10.0. The van der Waals surface area contributed by atoms with E-state index in [0.717, 1.165) is 31.6 Å². The Balaban J connectivity index is 2.15. The van der Waals surface area contributed by atoms with Crippen molar-refractivity contribution in [2.75, 3.05) is 6.61 Å². The summed E-state index contributed by atoms with van der Waals surface area (Å²) in [7, 11) is 1.94. The van der Waals surface area contributed by atoms with Crippen molar-refractivity contribution in [3.05, 3.63) is 18.0 Å². The maximum Gasteiger partial charge on any atom is 0.0851 e. The molecule has 0 spiro atoms. The molecule has 5 heteroatoms. The maximum atomic E-state index is 6.21. The minimum Gasteiger partial charge on any atom is -0.374 e. The second kappa shape index (κ2) is 7.20. The van der Waals surface area contributed by atoms with Gasteiger partial charge in [0.2, 0.25) is 0 Å². The molecule has 1 unspecified atom stereocenters. The molecule has 1 saturated carbocycles. The minimum absolute atomic E-state index is 0.121. The molecule has 0 saturated heterocycles. The van der Waals surface area contributed by atoms with Crippen LogP contribution in [0.5, 0.6) is 0 Å². The number of hydrogen-bond acceptors (Lipinski definition) is 4. The van der Waals surface area contributed by atoms with E-state index in [1.54, 1.807) is 0 Å². The molecule has 1 aromatic heterocycles. The number of hydrazine groups is 1. The van der Waals surface area contributed by atoms with Gasteiger partial charge in [-0.15, -0.1) is 0 Å². The minimum atomic E-state index is -0.141. The number of rotatable bonds is 6. The van der Waals surface area contributed by atoms with Gasteiger partial charge < -0.3 is 4.74 Å². The lowest BCUT2D eigenvalue weighted by Crippen LogP contribution is -2.56. The first-order valence-corrected chi connectivity index (χ1v) is 7.79. The van der Waals surface area contributed by atoms with Crippen LogP contribution in [0.4, 0.5) is 0 Å². The Hall–Kier alpha value is -0.910. The molecule has 1 heterocycles. The number of nitrogens with two attached hydrogens (primary N) is 1. The van der Waals surface area contributed by atoms with Gasteiger partial charge in [-0.1, -0.05) is 25.7 Å². The second-order valence-electron chi connectivity index (χ2n) is 5.82. The molecule has 0 aliphatic heterocycles. The van der Waals surface area contributed by atoms with E-state index in [2.05, 4.69) is 23.5 Å². The van der Waals surface area contributed by atoms with Gasteiger partial charge in [0.25, 0.3) is 0 Å². The van der Waals surface area contributed by atoms with E-state index in [1.807, 2.05) is 17.9 Å². The number of aromatic nitrogens is 2. The van der Waals surface area contributed by atoms with Crippen LogP contribution in [0.3, 0.4) is 0 Å². The largest absolute Gasteiger partial charge is 0.374 e. The Bertz CT molecular complexity index is 396. The summed E-state index contributed by atoms with van der Waals surface area (Å²) >= 11 is 0. The Labute approximate surface area is 121 Å². The summed E-state index contributed by atoms with van der Waals surface area (Å²) in [6.45, 7) is 2.81. The van der Waals surface area contributed by atoms with Gasteiger partial charge in [-0.2, -0.15) is 5.10 Å². The van der Waals surface area contributed by atoms with E-state index >= 15 is 0 Å². The van der Waals surface area contributed by atoms with E-state index < -0.39 is 0 Å². The smallest absolute Gasteiger partial charge is 0.0851 e. The van der Waals surface area contributed by atoms with Crippen LogP contribution in [-0.4, -0.2) is 28.0 Å². The molecule has 5 nitrogen and oxygen atoms in total. The Morgan fingerprint density at radius 2 is 2.10 bits per heavy atom. The van der Waals surface area contributed by atoms with Crippen molar-refractivity contribution in [1.82, 2.24) is 15.2 Å². The Kier molecular flexibility index (Phi) is 5.57. The molecule has 0 radical (unpaired) electrons. The van der Waals surface area contributed by atoms with Crippen molar-refractivity contribution in [1.29, 1.82) is 0 Å². The molecule has 0 bridgehead atoms. The molecule has 1 aliphatic rings. The zero-order chi connectivity index (χ0) is 14.4. The monoisotopic (exact) mass is 280 g/mol. The summed E-state index contributed by atoms with van der Waals surface area (Å²) < 4.78 is 8.04. The van der Waals surface area contributed by atoms with Crippen molar-refractivity contribution in [3.63, 3.8) is 0 Å². The zero-order valence-corrected chi connectivity index (χ0v) is 12.8. The van der Waals surface area contributed by atoms with Crippen LogP contribution in [0, 0.1) is 0 Å². The molecule has 0 amide bonds. The van der Waals surface area contributed by atoms with Gasteiger partial charge >= 0.3 is 0 Å². The summed E-state index contributed by atoms with van der Waals surface area (Å²) in [4.78, 5) is 0. The lowest BCUT2D eigenvalue weighted by molar-refractivity contribution is -0.0770. The predicted molar refractivity (Wildman–Crippen MR) is 80.1 cm³/mol. The molecular formula is C15H28N4O. The van der Waals surface area contributed by atoms with Crippen molar-refractivity contribution >= 4 is 0 Å². The number of nitrogens with one attached hydrogen (secondary N) is 1. The molecule has 114 valence electrons. The molecule has 1 aliphatic carbocycles. The quantitative estimate of drug-likeness (QED) is 0.475. The van der Waals surface area contributed by atoms with Crippen LogP contribution in [-0.2, 0) is 18.2 Å². The fourth-order valence-electron chi connectivity index (χ4n) is 3.39. The van der Waals surface area contributed by atoms with Crippen LogP contribution in [0.1, 0.15) is 51.1 Å². The highest BCUT2D eigenvalue weighted by molar-refractivity contribution is 5.06. The van der Waals surface area contributed by atoms with Gasteiger partial charge in [-0.3, -0.25) is 16.0 Å². The van der Waals surface area contributed by atoms with Gasteiger partial charge in [-0.25, -0.2) is 0 Å². The number of aryl methyl sites for hydroxylation is 1. The van der Waals surface area contributed by atoms with Crippen molar-refractivity contribution in [3.8, 4) is 0 Å². The van der Waals surface area contributed by atoms with Gasteiger partial charge in [0.05, 0.1) is 17.3 Å². The van der Waals surface area contributed by atoms with Crippen LogP contribution in [0.25, 0.3) is 0 Å². The summed E-state index contributed by atoms with van der Waals surface area (Å²) in [5.74, 6) is 5.86. The third kappa shape index (κ3) is 3.59. The maximum absolute atomic E-state index is 6.21. The summed E-state index contributed by atoms with van der Waals surface area (Å²) in [6, 6.07) is 2.18. The third-order valence-corrected chi connectivity index (χ3v) is 4.40. The normalized spacial score (nSPS) is 20.6. The highest BCUT2D eigenvalue weighted by Gasteiger charge is 2.39. The van der Waals surface area contributed by atoms with Crippen LogP contribution >= 0.6 is 0 Å². The van der Waals surface area contributed by atoms with Crippen molar-refractivity contribution in [2.24, 2.45) is 12.9 Å². The Morgan fingerprint density at radius 1 is 1.40 bits per heavy atom. The lowest BCUT2D eigenvalue weighted by Gasteiger charge is -2.39. The van der Waals surface area contributed by atoms with E-state index in [1.165, 1.54) is 25.7 Å². The topological polar surface area (TPSA) is 65.1 Å². The second-order valence-corrected chi connectivity index (χ2v) is 5.82. The van der Waals surface area contributed by atoms with Gasteiger partial charge in [0.1, 0.15) is 0 Å². The van der Waals surface area contributed by atoms with E-state index in [9.17, 15) is 0 Å². The standard InChI is InChI=1S/C15H28N4O/c1-3-20-15(9-6-4-5-7-10-15)14(17-16)12-13-8-11-19(2)18-13/h8,11,14,17H,3-7,9-10,12,16H2,1-2H3. The lowest BCUT2D eigenvalue weighted by atomic mass is 9.84. The third-order valence-electron chi connectivity index (χ3n) is 4.40. The molecule has 2 rings (SSSR count). The van der Waals surface area contributed by atoms with Crippen LogP contribution < -0.4 is 11.3 Å². The highest BCUT2D eigenvalue weighted by atomic mass is 16.5. The fourth-order valence-corrected chi connectivity index (χ4v) is 3.39. The summed E-state index contributed by atoms with van der Waals surface area (Å²) in [5, 5.41) is 4.47. The van der Waals surface area contributed by atoms with Gasteiger partial charge in [0.15, 0.2) is 0 Å². The summed E-state index contributed by atoms with van der Waals surface area (Å²) in [5.41, 5.74) is 3.94. The number of hydrogen-bond donors (Lipinski definition) is 2. The number of nitrogens with zero attached hydrogens (tertiary/aromatic N) is 2. The SMILES string of the molecule is CCOC1(C(Cc2ccn(C)n2)NN)CCCCCC1. The van der Waals surface area contributed by atoms with E-state index in [0.29, 0.717) is 0 Å². The highest BCUT2D eigenvalue weighted by Crippen LogP contribution is 2.34. The predicted octanol–water partition coefficient (Wildman–Crippen LogP) is 1.92. The molecular weight excluding hydrogens is 252 g/mol. The molecule has 1 fully saturated rings. The van der Waals surface area contributed by atoms with Crippen LogP contribution in [0.15, 0.2) is 12.3 Å². The van der Waals surface area contributed by atoms with Crippen LogP contribution in [0.2, 0.25) is 0 Å². The molecule has 3 N–H and O–H groups in total. The molecule has 1 aromatic rings.